The number of hydrazone groups is 1. The summed E-state index contributed by atoms with van der Waals surface area (Å²) < 4.78 is 1.88. The number of carbonyl (C=O) groups excluding carboxylic acids is 3. The Kier molecular flexibility index (Phi) is 5.25. The van der Waals surface area contributed by atoms with Crippen LogP contribution in [0.5, 0.6) is 0 Å². The minimum absolute atomic E-state index is 0.00804. The van der Waals surface area contributed by atoms with Gasteiger partial charge in [0.05, 0.1) is 12.0 Å². The van der Waals surface area contributed by atoms with Gasteiger partial charge in [-0.05, 0) is 38.5 Å². The average molecular weight is 382 g/mol. The van der Waals surface area contributed by atoms with Gasteiger partial charge in [-0.25, -0.2) is 15.2 Å². The van der Waals surface area contributed by atoms with E-state index in [4.69, 9.17) is 0 Å². The van der Waals surface area contributed by atoms with Crippen LogP contribution in [0.2, 0.25) is 0 Å². The highest BCUT2D eigenvalue weighted by atomic mass is 16.2. The van der Waals surface area contributed by atoms with E-state index in [2.05, 4.69) is 20.8 Å². The number of benzene rings is 1. The van der Waals surface area contributed by atoms with Crippen LogP contribution in [0.15, 0.2) is 48.1 Å². The third-order valence-electron chi connectivity index (χ3n) is 4.44. The molecule has 0 saturated carbocycles. The van der Waals surface area contributed by atoms with Gasteiger partial charge in [0.25, 0.3) is 5.91 Å². The van der Waals surface area contributed by atoms with Gasteiger partial charge in [-0.15, -0.1) is 0 Å². The van der Waals surface area contributed by atoms with E-state index >= 15 is 0 Å². The molecule has 3 rings (SSSR count). The molecule has 0 unspecified atom stereocenters. The maximum atomic E-state index is 12.1. The van der Waals surface area contributed by atoms with Crippen molar-refractivity contribution in [1.82, 2.24) is 25.2 Å². The van der Waals surface area contributed by atoms with Gasteiger partial charge >= 0.3 is 6.03 Å². The summed E-state index contributed by atoms with van der Waals surface area (Å²) in [4.78, 5) is 41.0. The first-order chi connectivity index (χ1) is 13.3. The first kappa shape index (κ1) is 19.3. The number of nitrogens with one attached hydrogen (secondary N) is 2. The molecule has 2 aromatic rings. The molecule has 4 amide bonds. The molecule has 2 heterocycles. The summed E-state index contributed by atoms with van der Waals surface area (Å²) in [7, 11) is 0. The maximum absolute atomic E-state index is 12.1. The van der Waals surface area contributed by atoms with Crippen LogP contribution in [0.25, 0.3) is 5.69 Å². The molecule has 1 saturated heterocycles. The van der Waals surface area contributed by atoms with Gasteiger partial charge in [-0.1, -0.05) is 12.1 Å². The number of urea groups is 1. The third-order valence-corrected chi connectivity index (χ3v) is 4.44. The van der Waals surface area contributed by atoms with Crippen molar-refractivity contribution in [3.8, 4) is 5.69 Å². The molecule has 1 aromatic carbocycles. The van der Waals surface area contributed by atoms with E-state index in [9.17, 15) is 14.4 Å². The Labute approximate surface area is 162 Å². The first-order valence-electron chi connectivity index (χ1n) is 8.84. The zero-order chi connectivity index (χ0) is 20.3. The van der Waals surface area contributed by atoms with Crippen molar-refractivity contribution in [2.24, 2.45) is 5.10 Å². The van der Waals surface area contributed by atoms with Crippen molar-refractivity contribution in [2.75, 3.05) is 6.54 Å². The van der Waals surface area contributed by atoms with Gasteiger partial charge in [0.1, 0.15) is 5.54 Å². The van der Waals surface area contributed by atoms with E-state index in [0.717, 1.165) is 16.2 Å². The van der Waals surface area contributed by atoms with Crippen LogP contribution in [0.3, 0.4) is 0 Å². The van der Waals surface area contributed by atoms with Crippen molar-refractivity contribution in [1.29, 1.82) is 0 Å². The summed E-state index contributed by atoms with van der Waals surface area (Å²) in [5.74, 6) is -0.720. The summed E-state index contributed by atoms with van der Waals surface area (Å²) >= 11 is 0. The van der Waals surface area contributed by atoms with Crippen LogP contribution < -0.4 is 10.7 Å². The van der Waals surface area contributed by atoms with E-state index in [1.54, 1.807) is 33.3 Å². The molecular weight excluding hydrogens is 360 g/mol. The molecule has 146 valence electrons. The zero-order valence-electron chi connectivity index (χ0n) is 16.0. The zero-order valence-corrected chi connectivity index (χ0v) is 16.0. The number of amides is 4. The van der Waals surface area contributed by atoms with Crippen LogP contribution in [-0.4, -0.2) is 50.1 Å². The van der Waals surface area contributed by atoms with Crippen molar-refractivity contribution < 1.29 is 14.4 Å². The Morgan fingerprint density at radius 2 is 1.96 bits per heavy atom. The number of nitrogens with zero attached hydrogens (tertiary/aromatic N) is 4. The highest BCUT2D eigenvalue weighted by Crippen LogP contribution is 2.16. The fourth-order valence-electron chi connectivity index (χ4n) is 2.79. The summed E-state index contributed by atoms with van der Waals surface area (Å²) in [5.41, 5.74) is 3.99. The largest absolute Gasteiger partial charge is 0.325 e. The van der Waals surface area contributed by atoms with Gasteiger partial charge in [0.2, 0.25) is 5.91 Å². The molecule has 2 N–H and O–H groups in total. The fourth-order valence-corrected chi connectivity index (χ4v) is 2.79. The number of rotatable bonds is 6. The first-order valence-corrected chi connectivity index (χ1v) is 8.84. The number of hydrogen-bond donors (Lipinski definition) is 2. The summed E-state index contributed by atoms with van der Waals surface area (Å²) in [6.45, 7) is 5.04. The maximum Gasteiger partial charge on any atom is 0.325 e. The van der Waals surface area contributed by atoms with Gasteiger partial charge in [0, 0.05) is 31.0 Å². The SMILES string of the molecule is CC(=NNC(=O)CCN1C(=O)NC(C)(C)C1=O)c1ccc(-n2ccnc2)cc1. The molecule has 0 radical (unpaired) electrons. The predicted octanol–water partition coefficient (Wildman–Crippen LogP) is 1.43. The van der Waals surface area contributed by atoms with Crippen LogP contribution in [0.4, 0.5) is 4.79 Å². The van der Waals surface area contributed by atoms with Crippen molar-refractivity contribution in [3.63, 3.8) is 0 Å². The molecule has 0 spiro atoms. The number of carbonyl (C=O) groups is 3. The Morgan fingerprint density at radius 3 is 2.54 bits per heavy atom. The molecule has 0 atom stereocenters. The number of hydrogen-bond acceptors (Lipinski definition) is 5. The minimum atomic E-state index is -0.939. The van der Waals surface area contributed by atoms with E-state index in [1.165, 1.54) is 0 Å². The lowest BCUT2D eigenvalue weighted by molar-refractivity contribution is -0.130. The lowest BCUT2D eigenvalue weighted by Crippen LogP contribution is -2.40. The molecule has 9 heteroatoms. The van der Waals surface area contributed by atoms with Crippen LogP contribution in [0, 0.1) is 0 Å². The smallest absolute Gasteiger partial charge is 0.324 e. The minimum Gasteiger partial charge on any atom is -0.324 e. The monoisotopic (exact) mass is 382 g/mol. The second-order valence-corrected chi connectivity index (χ2v) is 7.01. The van der Waals surface area contributed by atoms with Crippen LogP contribution in [0.1, 0.15) is 32.8 Å². The lowest BCUT2D eigenvalue weighted by Gasteiger charge is -2.15. The molecule has 1 aliphatic heterocycles. The fraction of sp³-hybridized carbons (Fsp3) is 0.316. The number of imide groups is 1. The van der Waals surface area contributed by atoms with Gasteiger partial charge < -0.3 is 9.88 Å². The molecule has 0 bridgehead atoms. The highest BCUT2D eigenvalue weighted by molar-refractivity contribution is 6.06. The van der Waals surface area contributed by atoms with Crippen molar-refractivity contribution in [2.45, 2.75) is 32.7 Å². The Bertz CT molecular complexity index is 916. The second-order valence-electron chi connectivity index (χ2n) is 7.01. The summed E-state index contributed by atoms with van der Waals surface area (Å²) in [5, 5.41) is 6.67. The lowest BCUT2D eigenvalue weighted by atomic mass is 10.1. The van der Waals surface area contributed by atoms with E-state index in [0.29, 0.717) is 5.71 Å². The topological polar surface area (TPSA) is 109 Å². The normalized spacial score (nSPS) is 16.2. The van der Waals surface area contributed by atoms with E-state index in [-0.39, 0.29) is 24.8 Å². The standard InChI is InChI=1S/C19H22N6O3/c1-13(14-4-6-15(7-5-14)24-11-9-20-12-24)22-23-16(26)8-10-25-17(27)19(2,3)21-18(25)28/h4-7,9,11-12H,8,10H2,1-3H3,(H,21,28)(H,23,26). The van der Waals surface area contributed by atoms with Crippen LogP contribution >= 0.6 is 0 Å². The van der Waals surface area contributed by atoms with E-state index < -0.39 is 11.6 Å². The molecule has 0 aliphatic carbocycles. The van der Waals surface area contributed by atoms with Gasteiger partial charge in [0.15, 0.2) is 0 Å². The highest BCUT2D eigenvalue weighted by Gasteiger charge is 2.43. The number of imidazole rings is 1. The molecule has 1 fully saturated rings. The summed E-state index contributed by atoms with van der Waals surface area (Å²) in [6, 6.07) is 7.17. The number of aromatic nitrogens is 2. The molecule has 9 nitrogen and oxygen atoms in total. The van der Waals surface area contributed by atoms with Crippen molar-refractivity contribution in [3.05, 3.63) is 48.5 Å². The van der Waals surface area contributed by atoms with E-state index in [1.807, 2.05) is 35.0 Å². The third kappa shape index (κ3) is 4.08. The molecule has 28 heavy (non-hydrogen) atoms. The Morgan fingerprint density at radius 1 is 1.25 bits per heavy atom. The Hall–Kier alpha value is -3.49. The van der Waals surface area contributed by atoms with Gasteiger partial charge in [-0.3, -0.25) is 14.5 Å². The quantitative estimate of drug-likeness (QED) is 0.447. The van der Waals surface area contributed by atoms with Crippen molar-refractivity contribution >= 4 is 23.6 Å². The second kappa shape index (κ2) is 7.63. The molecular formula is C19H22N6O3. The summed E-state index contributed by atoms with van der Waals surface area (Å²) in [6.07, 6.45) is 5.24. The van der Waals surface area contributed by atoms with Crippen LogP contribution in [-0.2, 0) is 9.59 Å². The Balaban J connectivity index is 1.54. The molecule has 1 aliphatic rings. The predicted molar refractivity (Wildman–Crippen MR) is 103 cm³/mol. The molecule has 1 aromatic heterocycles. The average Bonchev–Trinajstić information content (AvgIpc) is 3.26. The van der Waals surface area contributed by atoms with Gasteiger partial charge in [-0.2, -0.15) is 5.10 Å².